The van der Waals surface area contributed by atoms with Gasteiger partial charge in [0.05, 0.1) is 30.3 Å². The quantitative estimate of drug-likeness (QED) is 0.0160. The number of esters is 2. The molecule has 24 heteroatoms. The zero-order chi connectivity index (χ0) is 51.2. The van der Waals surface area contributed by atoms with E-state index in [9.17, 15) is 47.9 Å². The van der Waals surface area contributed by atoms with Crippen LogP contribution in [-0.2, 0) is 57.4 Å². The first kappa shape index (κ1) is 61.2. The van der Waals surface area contributed by atoms with Crippen LogP contribution in [-0.4, -0.2) is 126 Å². The number of amides is 5. The lowest BCUT2D eigenvalue weighted by Crippen LogP contribution is -2.48. The van der Waals surface area contributed by atoms with Crippen molar-refractivity contribution in [2.45, 2.75) is 155 Å². The number of Topliss-reactive ketones (excluding diaryl/α,β-unsaturated/α-hetero) is 3. The van der Waals surface area contributed by atoms with E-state index in [4.69, 9.17) is 43.9 Å². The number of nitrogens with one attached hydrogen (secondary N) is 3. The Morgan fingerprint density at radius 1 is 0.522 bits per heavy atom. The molecule has 0 saturated heterocycles. The molecule has 0 aliphatic carbocycles. The summed E-state index contributed by atoms with van der Waals surface area (Å²) in [5.41, 5.74) is 32.7. The highest BCUT2D eigenvalue weighted by Crippen LogP contribution is 2.21. The summed E-state index contributed by atoms with van der Waals surface area (Å²) in [6.45, 7) is 8.04. The Morgan fingerprint density at radius 2 is 0.925 bits per heavy atom. The van der Waals surface area contributed by atoms with Crippen LogP contribution in [0.15, 0.2) is 9.98 Å². The van der Waals surface area contributed by atoms with Crippen LogP contribution in [0.5, 0.6) is 0 Å². The van der Waals surface area contributed by atoms with Gasteiger partial charge >= 0.3 is 11.9 Å². The third kappa shape index (κ3) is 29.4. The van der Waals surface area contributed by atoms with Crippen molar-refractivity contribution in [3.63, 3.8) is 0 Å². The molecule has 0 bridgehead atoms. The van der Waals surface area contributed by atoms with Crippen molar-refractivity contribution in [2.24, 2.45) is 62.1 Å². The number of hydrogen-bond donors (Lipinski definition) is 9. The third-order valence-corrected chi connectivity index (χ3v) is 10.7. The fourth-order valence-electron chi connectivity index (χ4n) is 6.72. The van der Waals surface area contributed by atoms with Crippen LogP contribution in [0.4, 0.5) is 0 Å². The molecule has 0 aliphatic rings. The van der Waals surface area contributed by atoms with E-state index in [1.54, 1.807) is 34.0 Å². The first-order valence-electron chi connectivity index (χ1n) is 22.4. The molecular weight excluding hydrogens is 895 g/mol. The van der Waals surface area contributed by atoms with Crippen LogP contribution in [0.25, 0.3) is 0 Å². The highest BCUT2D eigenvalue weighted by Gasteiger charge is 2.34. The lowest BCUT2D eigenvalue weighted by Gasteiger charge is -2.26. The number of carbonyl (C=O) groups excluding carboxylic acids is 10. The van der Waals surface area contributed by atoms with E-state index in [0.717, 1.165) is 0 Å². The van der Waals surface area contributed by atoms with Gasteiger partial charge in [0, 0.05) is 76.3 Å². The van der Waals surface area contributed by atoms with Crippen molar-refractivity contribution in [3.05, 3.63) is 0 Å². The minimum Gasteiger partial charge on any atom is -0.463 e. The van der Waals surface area contributed by atoms with Crippen LogP contribution in [0.3, 0.4) is 0 Å². The predicted octanol–water partition coefficient (Wildman–Crippen LogP) is -0.738. The van der Waals surface area contributed by atoms with Crippen molar-refractivity contribution < 1.29 is 57.4 Å². The largest absolute Gasteiger partial charge is 0.463 e. The molecule has 0 unspecified atom stereocenters. The first-order valence-corrected chi connectivity index (χ1v) is 23.8. The molecule has 0 spiro atoms. The summed E-state index contributed by atoms with van der Waals surface area (Å²) < 4.78 is 10.4. The molecule has 0 heterocycles. The summed E-state index contributed by atoms with van der Waals surface area (Å²) >= 11 is 1.36. The number of guanidine groups is 2. The van der Waals surface area contributed by atoms with Gasteiger partial charge in [-0.15, -0.1) is 0 Å². The van der Waals surface area contributed by atoms with Crippen molar-refractivity contribution in [1.82, 2.24) is 16.0 Å². The van der Waals surface area contributed by atoms with Gasteiger partial charge in [-0.25, -0.2) is 0 Å². The van der Waals surface area contributed by atoms with E-state index >= 15 is 0 Å². The van der Waals surface area contributed by atoms with E-state index < -0.39 is 120 Å². The molecule has 15 N–H and O–H groups in total. The highest BCUT2D eigenvalue weighted by molar-refractivity contribution is 7.98. The average molecular weight is 970 g/mol. The highest BCUT2D eigenvalue weighted by atomic mass is 32.2. The van der Waals surface area contributed by atoms with Gasteiger partial charge in [-0.3, -0.25) is 57.9 Å². The molecule has 380 valence electrons. The zero-order valence-corrected chi connectivity index (χ0v) is 40.6. The van der Waals surface area contributed by atoms with Crippen molar-refractivity contribution in [1.29, 1.82) is 0 Å². The number of primary amides is 2. The minimum atomic E-state index is -1.24. The molecule has 0 aromatic carbocycles. The normalized spacial score (nSPS) is 13.7. The Kier molecular flexibility index (Phi) is 30.7. The molecule has 6 atom stereocenters. The van der Waals surface area contributed by atoms with Crippen LogP contribution in [0, 0.1) is 17.8 Å². The average Bonchev–Trinajstić information content (AvgIpc) is 3.21. The summed E-state index contributed by atoms with van der Waals surface area (Å²) in [4.78, 5) is 139. The van der Waals surface area contributed by atoms with Gasteiger partial charge in [-0.05, 0) is 91.1 Å². The number of hydrogen-bond acceptors (Lipinski definition) is 15. The molecule has 67 heavy (non-hydrogen) atoms. The van der Waals surface area contributed by atoms with Crippen LogP contribution < -0.4 is 50.4 Å². The molecule has 5 amide bonds. The summed E-state index contributed by atoms with van der Waals surface area (Å²) in [6, 6.07) is -3.62. The van der Waals surface area contributed by atoms with E-state index in [1.165, 1.54) is 18.7 Å². The summed E-state index contributed by atoms with van der Waals surface area (Å²) in [7, 11) is 0. The van der Waals surface area contributed by atoms with E-state index in [1.807, 2.05) is 0 Å². The van der Waals surface area contributed by atoms with Gasteiger partial charge in [-0.1, -0.05) is 0 Å². The number of carbonyl (C=O) groups is 10. The van der Waals surface area contributed by atoms with Crippen molar-refractivity contribution in [3.8, 4) is 0 Å². The van der Waals surface area contributed by atoms with Crippen LogP contribution in [0.1, 0.15) is 125 Å². The second-order valence-corrected chi connectivity index (χ2v) is 17.7. The lowest BCUT2D eigenvalue weighted by atomic mass is 9.89. The topological polar surface area (TPSA) is 406 Å². The second kappa shape index (κ2) is 33.6. The molecule has 0 saturated carbocycles. The number of nitrogens with zero attached hydrogens (tertiary/aromatic N) is 2. The van der Waals surface area contributed by atoms with Crippen molar-refractivity contribution >= 4 is 82.5 Å². The molecular formula is C43H75N11O12S. The van der Waals surface area contributed by atoms with Gasteiger partial charge in [0.1, 0.15) is 0 Å². The molecule has 0 aromatic rings. The first-order chi connectivity index (χ1) is 31.4. The summed E-state index contributed by atoms with van der Waals surface area (Å²) in [5.74, 6) is -10.1. The zero-order valence-electron chi connectivity index (χ0n) is 39.8. The van der Waals surface area contributed by atoms with E-state index in [-0.39, 0.29) is 95.6 Å². The Hall–Kier alpha value is -5.81. The van der Waals surface area contributed by atoms with Gasteiger partial charge in [0.25, 0.3) is 0 Å². The SMILES string of the molecule is CSCC[C@H](NC(=O)[C@H](CCC(=O)OC(C)C)CC(=O)[C@H](CCC(=O)OC(C)C)NC(C)=O)C(=O)C[C@@H](CCC(N)=O)C(=O)N[C@@H](CCCN=C(N)N)C(=O)C[C@@H](CCCN=C(N)N)C(N)=O. The Bertz CT molecular complexity index is 1740. The number of ketones is 3. The van der Waals surface area contributed by atoms with E-state index in [0.29, 0.717) is 12.2 Å². The van der Waals surface area contributed by atoms with Gasteiger partial charge in [-0.2, -0.15) is 11.8 Å². The summed E-state index contributed by atoms with van der Waals surface area (Å²) in [5, 5.41) is 7.88. The minimum absolute atomic E-state index is 0.0133. The number of rotatable bonds is 37. The lowest BCUT2D eigenvalue weighted by molar-refractivity contribution is -0.149. The molecule has 0 rings (SSSR count). The van der Waals surface area contributed by atoms with E-state index in [2.05, 4.69) is 25.9 Å². The third-order valence-electron chi connectivity index (χ3n) is 10.0. The van der Waals surface area contributed by atoms with Crippen LogP contribution >= 0.6 is 11.8 Å². The molecule has 23 nitrogen and oxygen atoms in total. The van der Waals surface area contributed by atoms with Crippen molar-refractivity contribution in [2.75, 3.05) is 25.1 Å². The number of thioether (sulfide) groups is 1. The standard InChI is InChI=1S/C43H75N11O12S/c1-24(2)65-37(60)15-12-29(23-34(57)31(52-26(5)55)13-16-38(61)66-25(3)4)41(64)54-32(17-20-67-6)35(58)22-28(11-14-36(44)59)40(63)53-30(10-8-19-51-43(48)49)33(56)21-27(39(45)62)9-7-18-50-42(46)47/h24-25,27-32H,7-23H2,1-6H3,(H2,44,59)(H2,45,62)(H,52,55)(H,53,63)(H,54,64)(H4,46,47,50)(H4,48,49,51)/t27-,28-,29-,30+,31+,32+/m1/s1. The monoisotopic (exact) mass is 970 g/mol. The predicted molar refractivity (Wildman–Crippen MR) is 252 cm³/mol. The molecule has 0 aromatic heterocycles. The van der Waals surface area contributed by atoms with Gasteiger partial charge in [0.15, 0.2) is 29.3 Å². The summed E-state index contributed by atoms with van der Waals surface area (Å²) in [6.07, 6.45) is -1.08. The second-order valence-electron chi connectivity index (χ2n) is 16.7. The van der Waals surface area contributed by atoms with Crippen LogP contribution in [0.2, 0.25) is 0 Å². The molecule has 0 radical (unpaired) electrons. The fourth-order valence-corrected chi connectivity index (χ4v) is 7.19. The maximum atomic E-state index is 14.2. The Morgan fingerprint density at radius 3 is 1.33 bits per heavy atom. The van der Waals surface area contributed by atoms with Gasteiger partial charge < -0.3 is 59.8 Å². The smallest absolute Gasteiger partial charge is 0.306 e. The number of nitrogens with two attached hydrogens (primary N) is 6. The maximum absolute atomic E-state index is 14.2. The number of ether oxygens (including phenoxy) is 2. The molecule has 0 aliphatic heterocycles. The van der Waals surface area contributed by atoms with Gasteiger partial charge in [0.2, 0.25) is 29.5 Å². The Labute approximate surface area is 397 Å². The maximum Gasteiger partial charge on any atom is 0.306 e. The Balaban J connectivity index is 6.71. The number of aliphatic imine (C=N–C) groups is 2. The molecule has 0 fully saturated rings. The fraction of sp³-hybridized carbons (Fsp3) is 0.721.